The second-order valence-corrected chi connectivity index (χ2v) is 8.77. The Morgan fingerprint density at radius 3 is 2.57 bits per heavy atom. The van der Waals surface area contributed by atoms with Gasteiger partial charge < -0.3 is 9.84 Å². The van der Waals surface area contributed by atoms with Gasteiger partial charge in [0.05, 0.1) is 36.2 Å². The Hall–Kier alpha value is -2.86. The van der Waals surface area contributed by atoms with Gasteiger partial charge in [-0.05, 0) is 36.8 Å². The van der Waals surface area contributed by atoms with E-state index < -0.39 is 0 Å². The van der Waals surface area contributed by atoms with E-state index in [1.165, 1.54) is 0 Å². The summed E-state index contributed by atoms with van der Waals surface area (Å²) < 4.78 is 7.08. The summed E-state index contributed by atoms with van der Waals surface area (Å²) in [5, 5.41) is 16.5. The maximum atomic E-state index is 13.3. The molecule has 1 aliphatic rings. The van der Waals surface area contributed by atoms with Crippen molar-refractivity contribution in [2.24, 2.45) is 0 Å². The molecule has 1 amide bonds. The first kappa shape index (κ1) is 25.2. The number of aliphatic hydroxyl groups is 1. The van der Waals surface area contributed by atoms with E-state index in [-0.39, 0.29) is 12.5 Å². The molecule has 7 nitrogen and oxygen atoms in total. The summed E-state index contributed by atoms with van der Waals surface area (Å²) in [7, 11) is 0. The Bertz CT molecular complexity index is 1260. The number of amides is 1. The molecule has 0 spiro atoms. The predicted molar refractivity (Wildman–Crippen MR) is 137 cm³/mol. The van der Waals surface area contributed by atoms with Crippen LogP contribution in [0.15, 0.2) is 42.5 Å². The summed E-state index contributed by atoms with van der Waals surface area (Å²) in [6, 6.07) is 12.9. The third-order valence-corrected chi connectivity index (χ3v) is 6.13. The van der Waals surface area contributed by atoms with Crippen LogP contribution in [0.4, 0.5) is 0 Å². The average molecular weight is 513 g/mol. The molecule has 0 aliphatic carbocycles. The Morgan fingerprint density at radius 2 is 1.91 bits per heavy atom. The van der Waals surface area contributed by atoms with Crippen molar-refractivity contribution in [3.05, 3.63) is 69.3 Å². The SMILES string of the molecule is CCc1c(C(=O)NN2CCOCC2)nn(-c2ccc(Cl)cc2Cl)c1-c1ccc(C#CCCO)cc1. The van der Waals surface area contributed by atoms with Crippen LogP contribution in [0, 0.1) is 11.8 Å². The summed E-state index contributed by atoms with van der Waals surface area (Å²) >= 11 is 12.7. The van der Waals surface area contributed by atoms with Gasteiger partial charge in [0.15, 0.2) is 5.69 Å². The van der Waals surface area contributed by atoms with E-state index in [0.717, 1.165) is 22.4 Å². The fourth-order valence-electron chi connectivity index (χ4n) is 3.90. The van der Waals surface area contributed by atoms with Crippen molar-refractivity contribution in [3.8, 4) is 28.8 Å². The highest BCUT2D eigenvalue weighted by Crippen LogP contribution is 2.33. The third kappa shape index (κ3) is 5.87. The van der Waals surface area contributed by atoms with E-state index in [4.69, 9.17) is 38.1 Å². The van der Waals surface area contributed by atoms with Crippen molar-refractivity contribution in [1.29, 1.82) is 0 Å². The zero-order valence-corrected chi connectivity index (χ0v) is 20.9. The average Bonchev–Trinajstić information content (AvgIpc) is 3.25. The van der Waals surface area contributed by atoms with Gasteiger partial charge in [0, 0.05) is 41.2 Å². The number of morpholine rings is 1. The standard InChI is InChI=1S/C26H26Cl2N4O3/c1-2-21-24(26(34)30-31-12-15-35-16-13-31)29-32(23-11-10-20(27)17-22(23)28)25(21)19-8-6-18(7-9-19)5-3-4-14-33/h6-11,17,33H,2,4,12-16H2,1H3,(H,30,34). The van der Waals surface area contributed by atoms with Gasteiger partial charge in [0.2, 0.25) is 0 Å². The largest absolute Gasteiger partial charge is 0.395 e. The van der Waals surface area contributed by atoms with Crippen LogP contribution in [0.3, 0.4) is 0 Å². The van der Waals surface area contributed by atoms with Crippen LogP contribution in [0.1, 0.15) is 35.0 Å². The number of aromatic nitrogens is 2. The number of nitrogens with one attached hydrogen (secondary N) is 1. The van der Waals surface area contributed by atoms with Crippen molar-refractivity contribution >= 4 is 29.1 Å². The zero-order valence-electron chi connectivity index (χ0n) is 19.4. The molecule has 1 aliphatic heterocycles. The molecule has 2 aromatic carbocycles. The lowest BCUT2D eigenvalue weighted by atomic mass is 10.0. The summed E-state index contributed by atoms with van der Waals surface area (Å²) in [5.74, 6) is 5.68. The molecule has 4 rings (SSSR count). The number of carbonyl (C=O) groups excluding carboxylic acids is 1. The number of nitrogens with zero attached hydrogens (tertiary/aromatic N) is 3. The summed E-state index contributed by atoms with van der Waals surface area (Å²) in [4.78, 5) is 13.3. The van der Waals surface area contributed by atoms with Crippen LogP contribution in [-0.2, 0) is 11.2 Å². The molecule has 182 valence electrons. The predicted octanol–water partition coefficient (Wildman–Crippen LogP) is 4.12. The number of hydrogen-bond acceptors (Lipinski definition) is 5. The smallest absolute Gasteiger partial charge is 0.286 e. The molecule has 0 radical (unpaired) electrons. The van der Waals surface area contributed by atoms with Crippen LogP contribution in [0.2, 0.25) is 10.0 Å². The van der Waals surface area contributed by atoms with E-state index in [0.29, 0.717) is 60.6 Å². The normalized spacial score (nSPS) is 13.8. The van der Waals surface area contributed by atoms with Crippen LogP contribution in [-0.4, -0.2) is 58.7 Å². The summed E-state index contributed by atoms with van der Waals surface area (Å²) in [6.07, 6.45) is 1.01. The second kappa shape index (κ2) is 11.7. The molecule has 2 N–H and O–H groups in total. The molecule has 9 heteroatoms. The van der Waals surface area contributed by atoms with E-state index in [2.05, 4.69) is 17.3 Å². The van der Waals surface area contributed by atoms with Gasteiger partial charge in [-0.15, -0.1) is 0 Å². The Kier molecular flexibility index (Phi) is 8.45. The second-order valence-electron chi connectivity index (χ2n) is 7.93. The van der Waals surface area contributed by atoms with Gasteiger partial charge in [-0.2, -0.15) is 5.10 Å². The van der Waals surface area contributed by atoms with Gasteiger partial charge in [0.1, 0.15) is 0 Å². The number of rotatable bonds is 6. The summed E-state index contributed by atoms with van der Waals surface area (Å²) in [6.45, 7) is 4.38. The number of ether oxygens (including phenoxy) is 1. The number of hydrogen-bond donors (Lipinski definition) is 2. The molecular formula is C26H26Cl2N4O3. The van der Waals surface area contributed by atoms with Gasteiger partial charge in [0.25, 0.3) is 5.91 Å². The quantitative estimate of drug-likeness (QED) is 0.485. The first-order valence-corrected chi connectivity index (χ1v) is 12.2. The minimum atomic E-state index is -0.277. The van der Waals surface area contributed by atoms with Crippen molar-refractivity contribution in [3.63, 3.8) is 0 Å². The zero-order chi connectivity index (χ0) is 24.8. The third-order valence-electron chi connectivity index (χ3n) is 5.59. The fourth-order valence-corrected chi connectivity index (χ4v) is 4.38. The molecule has 0 atom stereocenters. The molecule has 35 heavy (non-hydrogen) atoms. The molecule has 0 saturated carbocycles. The highest BCUT2D eigenvalue weighted by atomic mass is 35.5. The summed E-state index contributed by atoms with van der Waals surface area (Å²) in [5.41, 5.74) is 7.21. The number of carbonyl (C=O) groups is 1. The molecule has 1 fully saturated rings. The van der Waals surface area contributed by atoms with Gasteiger partial charge in [-0.3, -0.25) is 10.2 Å². The highest BCUT2D eigenvalue weighted by molar-refractivity contribution is 6.35. The van der Waals surface area contributed by atoms with E-state index in [1.807, 2.05) is 36.2 Å². The number of aliphatic hydroxyl groups excluding tert-OH is 1. The number of hydrazine groups is 1. The van der Waals surface area contributed by atoms with Crippen molar-refractivity contribution in [2.45, 2.75) is 19.8 Å². The van der Waals surface area contributed by atoms with E-state index in [1.54, 1.807) is 22.9 Å². The monoisotopic (exact) mass is 512 g/mol. The molecular weight excluding hydrogens is 487 g/mol. The lowest BCUT2D eigenvalue weighted by Gasteiger charge is -2.26. The number of benzene rings is 2. The van der Waals surface area contributed by atoms with E-state index in [9.17, 15) is 4.79 Å². The van der Waals surface area contributed by atoms with E-state index >= 15 is 0 Å². The number of halogens is 2. The Balaban J connectivity index is 1.80. The molecule has 2 heterocycles. The topological polar surface area (TPSA) is 79.6 Å². The van der Waals surface area contributed by atoms with Crippen LogP contribution < -0.4 is 5.43 Å². The van der Waals surface area contributed by atoms with Gasteiger partial charge in [-0.25, -0.2) is 9.69 Å². The minimum absolute atomic E-state index is 0.0290. The molecule has 3 aromatic rings. The van der Waals surface area contributed by atoms with Gasteiger partial charge in [-0.1, -0.05) is 54.1 Å². The minimum Gasteiger partial charge on any atom is -0.395 e. The molecule has 0 unspecified atom stereocenters. The van der Waals surface area contributed by atoms with Crippen molar-refractivity contribution in [1.82, 2.24) is 20.2 Å². The van der Waals surface area contributed by atoms with Crippen LogP contribution >= 0.6 is 23.2 Å². The maximum Gasteiger partial charge on any atom is 0.286 e. The van der Waals surface area contributed by atoms with Crippen molar-refractivity contribution < 1.29 is 14.6 Å². The first-order valence-electron chi connectivity index (χ1n) is 11.4. The van der Waals surface area contributed by atoms with Crippen LogP contribution in [0.5, 0.6) is 0 Å². The Labute approximate surface area is 214 Å². The molecule has 1 aromatic heterocycles. The fraction of sp³-hybridized carbons (Fsp3) is 0.308. The lowest BCUT2D eigenvalue weighted by molar-refractivity contribution is 0.0124. The lowest BCUT2D eigenvalue weighted by Crippen LogP contribution is -2.48. The molecule has 0 bridgehead atoms. The Morgan fingerprint density at radius 1 is 1.17 bits per heavy atom. The first-order chi connectivity index (χ1) is 17.0. The maximum absolute atomic E-state index is 13.3. The van der Waals surface area contributed by atoms with Gasteiger partial charge >= 0.3 is 0 Å². The van der Waals surface area contributed by atoms with Crippen LogP contribution in [0.25, 0.3) is 16.9 Å². The highest BCUT2D eigenvalue weighted by Gasteiger charge is 2.26. The molecule has 1 saturated heterocycles. The van der Waals surface area contributed by atoms with Crippen molar-refractivity contribution in [2.75, 3.05) is 32.9 Å².